The molecular weight excluding hydrogens is 374 g/mol. The fourth-order valence-electron chi connectivity index (χ4n) is 2.26. The lowest BCUT2D eigenvalue weighted by Crippen LogP contribution is -2.16. The molecule has 3 heterocycles. The van der Waals surface area contributed by atoms with E-state index in [-0.39, 0.29) is 35.9 Å². The quantitative estimate of drug-likeness (QED) is 0.640. The Morgan fingerprint density at radius 1 is 1.30 bits per heavy atom. The molecule has 1 amide bonds. The van der Waals surface area contributed by atoms with Crippen molar-refractivity contribution in [2.24, 2.45) is 0 Å². The van der Waals surface area contributed by atoms with Gasteiger partial charge in [0.2, 0.25) is 5.76 Å². The van der Waals surface area contributed by atoms with Crippen LogP contribution in [-0.4, -0.2) is 41.0 Å². The van der Waals surface area contributed by atoms with Crippen molar-refractivity contribution in [2.45, 2.75) is 20.3 Å². The summed E-state index contributed by atoms with van der Waals surface area (Å²) < 4.78 is 16.4. The van der Waals surface area contributed by atoms with Crippen LogP contribution in [0.3, 0.4) is 0 Å². The standard InChI is InChI=1S/C17H17N3O6S/c1-3-7-25-16(22)11-9-10-13(26-11)14(19-20(10)17(23)24-4-2)18-15(21)12-6-5-8-27-12/h5-6,8-9H,3-4,7H2,1-2H3,(H,18,19,21). The topological polar surface area (TPSA) is 113 Å². The minimum Gasteiger partial charge on any atom is -0.460 e. The lowest BCUT2D eigenvalue weighted by Gasteiger charge is -2.02. The van der Waals surface area contributed by atoms with Crippen LogP contribution >= 0.6 is 11.3 Å². The molecule has 0 spiro atoms. The van der Waals surface area contributed by atoms with Gasteiger partial charge >= 0.3 is 12.1 Å². The van der Waals surface area contributed by atoms with Gasteiger partial charge in [-0.05, 0) is 24.8 Å². The third kappa shape index (κ3) is 3.85. The van der Waals surface area contributed by atoms with Crippen molar-refractivity contribution in [3.8, 4) is 0 Å². The summed E-state index contributed by atoms with van der Waals surface area (Å²) in [5.74, 6) is -1.17. The Hall–Kier alpha value is -3.14. The monoisotopic (exact) mass is 391 g/mol. The van der Waals surface area contributed by atoms with Crippen LogP contribution in [0.4, 0.5) is 10.6 Å². The highest BCUT2D eigenvalue weighted by Gasteiger charge is 2.25. The van der Waals surface area contributed by atoms with E-state index in [2.05, 4.69) is 10.4 Å². The predicted molar refractivity (Wildman–Crippen MR) is 97.3 cm³/mol. The second kappa shape index (κ2) is 8.04. The fourth-order valence-corrected chi connectivity index (χ4v) is 2.88. The van der Waals surface area contributed by atoms with Crippen molar-refractivity contribution in [3.05, 3.63) is 34.2 Å². The Bertz CT molecular complexity index is 973. The van der Waals surface area contributed by atoms with Crippen LogP contribution < -0.4 is 5.32 Å². The molecule has 3 rings (SSSR count). The first-order chi connectivity index (χ1) is 13.0. The number of amides is 1. The van der Waals surface area contributed by atoms with Crippen LogP contribution in [0.25, 0.3) is 11.1 Å². The maximum atomic E-state index is 12.3. The molecule has 9 nitrogen and oxygen atoms in total. The molecule has 0 saturated carbocycles. The lowest BCUT2D eigenvalue weighted by molar-refractivity contribution is 0.0471. The lowest BCUT2D eigenvalue weighted by atomic mass is 10.4. The molecule has 0 aliphatic carbocycles. The van der Waals surface area contributed by atoms with Gasteiger partial charge in [0.25, 0.3) is 5.91 Å². The van der Waals surface area contributed by atoms with E-state index in [4.69, 9.17) is 13.9 Å². The van der Waals surface area contributed by atoms with E-state index in [1.54, 1.807) is 24.4 Å². The predicted octanol–water partition coefficient (Wildman–Crippen LogP) is 3.51. The number of ether oxygens (including phenoxy) is 2. The van der Waals surface area contributed by atoms with Gasteiger partial charge in [0.1, 0.15) is 5.52 Å². The molecule has 1 N–H and O–H groups in total. The molecule has 0 unspecified atom stereocenters. The zero-order valence-corrected chi connectivity index (χ0v) is 15.5. The number of anilines is 1. The van der Waals surface area contributed by atoms with Gasteiger partial charge in [0, 0.05) is 6.07 Å². The number of rotatable bonds is 6. The molecule has 0 bridgehead atoms. The highest BCUT2D eigenvalue weighted by atomic mass is 32.1. The van der Waals surface area contributed by atoms with Crippen LogP contribution in [0.2, 0.25) is 0 Å². The number of hydrogen-bond acceptors (Lipinski definition) is 8. The molecule has 3 aromatic rings. The van der Waals surface area contributed by atoms with Crippen LogP contribution in [0.15, 0.2) is 28.0 Å². The average molecular weight is 391 g/mol. The van der Waals surface area contributed by atoms with E-state index in [1.807, 2.05) is 6.92 Å². The van der Waals surface area contributed by atoms with Gasteiger partial charge in [0.05, 0.1) is 18.1 Å². The maximum Gasteiger partial charge on any atom is 0.435 e. The second-order valence-electron chi connectivity index (χ2n) is 5.35. The van der Waals surface area contributed by atoms with Crippen molar-refractivity contribution < 1.29 is 28.3 Å². The molecular formula is C17H17N3O6S. The maximum absolute atomic E-state index is 12.3. The van der Waals surface area contributed by atoms with E-state index >= 15 is 0 Å². The van der Waals surface area contributed by atoms with E-state index < -0.39 is 18.0 Å². The summed E-state index contributed by atoms with van der Waals surface area (Å²) in [6.07, 6.45) is -0.0987. The molecule has 0 aliphatic heterocycles. The number of carbonyl (C=O) groups excluding carboxylic acids is 3. The van der Waals surface area contributed by atoms with Crippen molar-refractivity contribution in [1.29, 1.82) is 0 Å². The van der Waals surface area contributed by atoms with Gasteiger partial charge in [-0.25, -0.2) is 9.59 Å². The molecule has 0 atom stereocenters. The van der Waals surface area contributed by atoms with E-state index in [9.17, 15) is 14.4 Å². The number of furan rings is 1. The van der Waals surface area contributed by atoms with Gasteiger partial charge in [0.15, 0.2) is 11.4 Å². The summed E-state index contributed by atoms with van der Waals surface area (Å²) in [5.41, 5.74) is 0.273. The first-order valence-electron chi connectivity index (χ1n) is 8.26. The van der Waals surface area contributed by atoms with Gasteiger partial charge in [-0.1, -0.05) is 13.0 Å². The average Bonchev–Trinajstić information content (AvgIpc) is 3.37. The number of nitrogens with one attached hydrogen (secondary N) is 1. The van der Waals surface area contributed by atoms with Crippen molar-refractivity contribution in [1.82, 2.24) is 9.78 Å². The third-order valence-electron chi connectivity index (χ3n) is 3.41. The number of aromatic nitrogens is 2. The van der Waals surface area contributed by atoms with Crippen molar-refractivity contribution in [3.63, 3.8) is 0 Å². The minimum absolute atomic E-state index is 0.00555. The number of esters is 1. The summed E-state index contributed by atoms with van der Waals surface area (Å²) >= 11 is 1.25. The van der Waals surface area contributed by atoms with E-state index in [0.717, 1.165) is 4.68 Å². The number of fused-ring (bicyclic) bond motifs is 1. The fraction of sp³-hybridized carbons (Fsp3) is 0.294. The summed E-state index contributed by atoms with van der Waals surface area (Å²) in [6, 6.07) is 4.72. The molecule has 3 aromatic heterocycles. The SMILES string of the molecule is CCCOC(=O)c1cc2c(o1)c(NC(=O)c1cccs1)nn2C(=O)OCC. The number of thiophene rings is 1. The third-order valence-corrected chi connectivity index (χ3v) is 4.28. The summed E-state index contributed by atoms with van der Waals surface area (Å²) in [4.78, 5) is 37.0. The Balaban J connectivity index is 1.98. The molecule has 10 heteroatoms. The molecule has 142 valence electrons. The molecule has 0 aromatic carbocycles. The first kappa shape index (κ1) is 18.6. The Morgan fingerprint density at radius 3 is 2.78 bits per heavy atom. The molecule has 0 saturated heterocycles. The van der Waals surface area contributed by atoms with E-state index in [1.165, 1.54) is 17.4 Å². The van der Waals surface area contributed by atoms with Gasteiger partial charge in [-0.2, -0.15) is 4.68 Å². The van der Waals surface area contributed by atoms with Gasteiger partial charge < -0.3 is 19.2 Å². The number of carbonyl (C=O) groups is 3. The van der Waals surface area contributed by atoms with Crippen LogP contribution in [0.5, 0.6) is 0 Å². The zero-order valence-electron chi connectivity index (χ0n) is 14.7. The van der Waals surface area contributed by atoms with Crippen molar-refractivity contribution in [2.75, 3.05) is 18.5 Å². The summed E-state index contributed by atoms with van der Waals surface area (Å²) in [5, 5.41) is 8.40. The highest BCUT2D eigenvalue weighted by Crippen LogP contribution is 2.28. The van der Waals surface area contributed by atoms with Crippen LogP contribution in [-0.2, 0) is 9.47 Å². The second-order valence-corrected chi connectivity index (χ2v) is 6.30. The Morgan fingerprint density at radius 2 is 2.11 bits per heavy atom. The zero-order chi connectivity index (χ0) is 19.4. The Labute approximate surface area is 157 Å². The largest absolute Gasteiger partial charge is 0.460 e. The number of hydrogen-bond donors (Lipinski definition) is 1. The first-order valence-corrected chi connectivity index (χ1v) is 9.14. The highest BCUT2D eigenvalue weighted by molar-refractivity contribution is 7.12. The molecule has 0 fully saturated rings. The Kier molecular flexibility index (Phi) is 5.55. The van der Waals surface area contributed by atoms with Gasteiger partial charge in [-0.15, -0.1) is 16.4 Å². The summed E-state index contributed by atoms with van der Waals surface area (Å²) in [6.45, 7) is 3.89. The normalized spacial score (nSPS) is 10.7. The van der Waals surface area contributed by atoms with Crippen LogP contribution in [0.1, 0.15) is 40.5 Å². The van der Waals surface area contributed by atoms with Gasteiger partial charge in [-0.3, -0.25) is 4.79 Å². The number of nitrogens with zero attached hydrogens (tertiary/aromatic N) is 2. The molecule has 27 heavy (non-hydrogen) atoms. The van der Waals surface area contributed by atoms with Crippen LogP contribution in [0, 0.1) is 0 Å². The summed E-state index contributed by atoms with van der Waals surface area (Å²) in [7, 11) is 0. The smallest absolute Gasteiger partial charge is 0.435 e. The van der Waals surface area contributed by atoms with Crippen molar-refractivity contribution >= 4 is 46.2 Å². The molecule has 0 aliphatic rings. The van der Waals surface area contributed by atoms with E-state index in [0.29, 0.717) is 11.3 Å². The minimum atomic E-state index is -0.756. The molecule has 0 radical (unpaired) electrons.